The van der Waals surface area contributed by atoms with Gasteiger partial charge in [-0.1, -0.05) is 42.7 Å². The second-order valence-corrected chi connectivity index (χ2v) is 12.1. The Hall–Kier alpha value is -2.14. The van der Waals surface area contributed by atoms with Crippen molar-refractivity contribution in [2.75, 3.05) is 17.1 Å². The van der Waals surface area contributed by atoms with Crippen molar-refractivity contribution in [3.8, 4) is 0 Å². The molecule has 0 spiro atoms. The molecule has 2 aromatic rings. The fraction of sp³-hybridized carbons (Fsp3) is 0.440. The first-order valence-corrected chi connectivity index (χ1v) is 14.4. The zero-order valence-electron chi connectivity index (χ0n) is 19.8. The summed E-state index contributed by atoms with van der Waals surface area (Å²) in [5, 5.41) is 3.07. The number of sulfonamides is 1. The molecule has 1 saturated carbocycles. The van der Waals surface area contributed by atoms with Crippen LogP contribution in [0.2, 0.25) is 0 Å². The monoisotopic (exact) mass is 597 g/mol. The van der Waals surface area contributed by atoms with Gasteiger partial charge in [-0.25, -0.2) is 8.42 Å². The van der Waals surface area contributed by atoms with E-state index in [9.17, 15) is 18.0 Å². The first kappa shape index (κ1) is 26.5. The second-order valence-electron chi connectivity index (χ2n) is 8.92. The number of nitrogens with zero attached hydrogens (tertiary/aromatic N) is 2. The number of hydrogen-bond acceptors (Lipinski definition) is 4. The summed E-state index contributed by atoms with van der Waals surface area (Å²) in [5.74, 6) is -0.646. The lowest BCUT2D eigenvalue weighted by Gasteiger charge is -2.32. The van der Waals surface area contributed by atoms with Crippen molar-refractivity contribution in [1.82, 2.24) is 10.2 Å². The smallest absolute Gasteiger partial charge is 0.244 e. The SMILES string of the molecule is Cc1cccc(CN(C(=O)CN(c2ccc(I)cc2)S(C)(=O)=O)C(C)C(=O)NC2CCCC2)c1. The van der Waals surface area contributed by atoms with Gasteiger partial charge in [0.15, 0.2) is 0 Å². The molecule has 0 bridgehead atoms. The Labute approximate surface area is 216 Å². The van der Waals surface area contributed by atoms with Crippen LogP contribution < -0.4 is 9.62 Å². The van der Waals surface area contributed by atoms with E-state index in [0.717, 1.165) is 50.9 Å². The molecule has 1 fully saturated rings. The Kier molecular flexibility index (Phi) is 8.97. The Morgan fingerprint density at radius 2 is 1.76 bits per heavy atom. The van der Waals surface area contributed by atoms with Crippen LogP contribution in [-0.4, -0.2) is 50.0 Å². The topological polar surface area (TPSA) is 86.8 Å². The lowest BCUT2D eigenvalue weighted by Crippen LogP contribution is -2.52. The standard InChI is InChI=1S/C25H32IN3O4S/c1-18-7-6-8-20(15-18)16-28(19(2)25(31)27-22-9-4-5-10-22)24(30)17-29(34(3,32)33)23-13-11-21(26)12-14-23/h6-8,11-15,19,22H,4-5,9-10,16-17H2,1-3H3,(H,27,31). The molecule has 2 amide bonds. The second kappa shape index (κ2) is 11.5. The van der Waals surface area contributed by atoms with Crippen LogP contribution in [0.1, 0.15) is 43.7 Å². The molecule has 0 radical (unpaired) electrons. The minimum Gasteiger partial charge on any atom is -0.352 e. The van der Waals surface area contributed by atoms with Gasteiger partial charge in [0, 0.05) is 16.2 Å². The molecule has 1 aliphatic rings. The van der Waals surface area contributed by atoms with Gasteiger partial charge in [-0.15, -0.1) is 0 Å². The van der Waals surface area contributed by atoms with E-state index in [1.54, 1.807) is 31.2 Å². The highest BCUT2D eigenvalue weighted by Crippen LogP contribution is 2.21. The highest BCUT2D eigenvalue weighted by molar-refractivity contribution is 14.1. The van der Waals surface area contributed by atoms with E-state index in [1.807, 2.05) is 31.2 Å². The number of carbonyl (C=O) groups is 2. The van der Waals surface area contributed by atoms with Crippen molar-refractivity contribution in [2.24, 2.45) is 0 Å². The molecule has 0 aliphatic heterocycles. The van der Waals surface area contributed by atoms with E-state index in [1.165, 1.54) is 4.90 Å². The van der Waals surface area contributed by atoms with E-state index < -0.39 is 22.0 Å². The molecule has 0 heterocycles. The first-order chi connectivity index (χ1) is 16.0. The van der Waals surface area contributed by atoms with Crippen molar-refractivity contribution in [2.45, 2.75) is 58.2 Å². The van der Waals surface area contributed by atoms with Crippen molar-refractivity contribution >= 4 is 50.1 Å². The zero-order chi connectivity index (χ0) is 24.9. The van der Waals surface area contributed by atoms with Crippen molar-refractivity contribution in [3.63, 3.8) is 0 Å². The number of benzene rings is 2. The summed E-state index contributed by atoms with van der Waals surface area (Å²) in [6.07, 6.45) is 5.15. The Morgan fingerprint density at radius 3 is 2.35 bits per heavy atom. The van der Waals surface area contributed by atoms with Crippen LogP contribution in [0.5, 0.6) is 0 Å². The van der Waals surface area contributed by atoms with Gasteiger partial charge < -0.3 is 10.2 Å². The molecule has 3 rings (SSSR count). The van der Waals surface area contributed by atoms with Crippen molar-refractivity contribution in [3.05, 3.63) is 63.2 Å². The summed E-state index contributed by atoms with van der Waals surface area (Å²) in [6, 6.07) is 14.1. The maximum Gasteiger partial charge on any atom is 0.244 e. The Bertz CT molecular complexity index is 1120. The third kappa shape index (κ3) is 7.18. The van der Waals surface area contributed by atoms with E-state index in [2.05, 4.69) is 27.9 Å². The molecule has 1 N–H and O–H groups in total. The zero-order valence-corrected chi connectivity index (χ0v) is 22.8. The summed E-state index contributed by atoms with van der Waals surface area (Å²) in [4.78, 5) is 28.1. The van der Waals surface area contributed by atoms with Crippen LogP contribution in [0.3, 0.4) is 0 Å². The minimum absolute atomic E-state index is 0.130. The van der Waals surface area contributed by atoms with Gasteiger partial charge >= 0.3 is 0 Å². The van der Waals surface area contributed by atoms with Crippen LogP contribution in [0.4, 0.5) is 5.69 Å². The predicted molar refractivity (Wildman–Crippen MR) is 143 cm³/mol. The molecule has 0 saturated heterocycles. The minimum atomic E-state index is -3.72. The van der Waals surface area contributed by atoms with Crippen LogP contribution in [0, 0.1) is 10.5 Å². The number of amides is 2. The van der Waals surface area contributed by atoms with Crippen LogP contribution in [-0.2, 0) is 26.2 Å². The van der Waals surface area contributed by atoms with E-state index in [4.69, 9.17) is 0 Å². The predicted octanol–water partition coefficient (Wildman–Crippen LogP) is 3.84. The third-order valence-corrected chi connectivity index (χ3v) is 7.96. The third-order valence-electron chi connectivity index (χ3n) is 6.10. The lowest BCUT2D eigenvalue weighted by molar-refractivity contribution is -0.139. The molecule has 9 heteroatoms. The lowest BCUT2D eigenvalue weighted by atomic mass is 10.1. The summed E-state index contributed by atoms with van der Waals surface area (Å²) in [5.41, 5.74) is 2.34. The number of carbonyl (C=O) groups excluding carboxylic acids is 2. The average molecular weight is 598 g/mol. The summed E-state index contributed by atoms with van der Waals surface area (Å²) in [7, 11) is -3.72. The normalized spacial score (nSPS) is 15.1. The average Bonchev–Trinajstić information content (AvgIpc) is 3.28. The van der Waals surface area contributed by atoms with Crippen LogP contribution in [0.15, 0.2) is 48.5 Å². The number of aryl methyl sites for hydroxylation is 1. The molecule has 1 atom stereocenters. The van der Waals surface area contributed by atoms with Crippen LogP contribution in [0.25, 0.3) is 0 Å². The van der Waals surface area contributed by atoms with Crippen molar-refractivity contribution in [1.29, 1.82) is 0 Å². The molecule has 34 heavy (non-hydrogen) atoms. The fourth-order valence-electron chi connectivity index (χ4n) is 4.20. The highest BCUT2D eigenvalue weighted by Gasteiger charge is 2.31. The molecular weight excluding hydrogens is 565 g/mol. The first-order valence-electron chi connectivity index (χ1n) is 11.4. The van der Waals surface area contributed by atoms with Gasteiger partial charge in [0.25, 0.3) is 0 Å². The molecular formula is C25H32IN3O4S. The number of rotatable bonds is 9. The maximum absolute atomic E-state index is 13.6. The molecule has 1 unspecified atom stereocenters. The van der Waals surface area contributed by atoms with Gasteiger partial charge in [-0.3, -0.25) is 13.9 Å². The Balaban J connectivity index is 1.87. The summed E-state index contributed by atoms with van der Waals surface area (Å²) in [6.45, 7) is 3.50. The maximum atomic E-state index is 13.6. The fourth-order valence-corrected chi connectivity index (χ4v) is 5.41. The van der Waals surface area contributed by atoms with E-state index >= 15 is 0 Å². The number of hydrogen-bond donors (Lipinski definition) is 1. The largest absolute Gasteiger partial charge is 0.352 e. The summed E-state index contributed by atoms with van der Waals surface area (Å²) >= 11 is 2.14. The Morgan fingerprint density at radius 1 is 1.12 bits per heavy atom. The van der Waals surface area contributed by atoms with Crippen LogP contribution >= 0.6 is 22.6 Å². The number of anilines is 1. The molecule has 184 valence electrons. The highest BCUT2D eigenvalue weighted by atomic mass is 127. The molecule has 7 nitrogen and oxygen atoms in total. The quantitative estimate of drug-likeness (QED) is 0.446. The molecule has 0 aromatic heterocycles. The number of halogens is 1. The van der Waals surface area contributed by atoms with Crippen molar-refractivity contribution < 1.29 is 18.0 Å². The number of nitrogens with one attached hydrogen (secondary N) is 1. The van der Waals surface area contributed by atoms with E-state index in [-0.39, 0.29) is 25.0 Å². The van der Waals surface area contributed by atoms with Gasteiger partial charge in [-0.05, 0) is 79.1 Å². The van der Waals surface area contributed by atoms with Gasteiger partial charge in [0.05, 0.1) is 11.9 Å². The van der Waals surface area contributed by atoms with Gasteiger partial charge in [-0.2, -0.15) is 0 Å². The molecule has 1 aliphatic carbocycles. The summed E-state index contributed by atoms with van der Waals surface area (Å²) < 4.78 is 27.2. The molecule has 2 aromatic carbocycles. The van der Waals surface area contributed by atoms with E-state index in [0.29, 0.717) is 5.69 Å². The van der Waals surface area contributed by atoms with Gasteiger partial charge in [0.1, 0.15) is 12.6 Å². The van der Waals surface area contributed by atoms with Gasteiger partial charge in [0.2, 0.25) is 21.8 Å².